The van der Waals surface area contributed by atoms with Crippen LogP contribution in [0.3, 0.4) is 0 Å². The second kappa shape index (κ2) is 6.82. The van der Waals surface area contributed by atoms with Crippen LogP contribution >= 0.6 is 11.6 Å². The quantitative estimate of drug-likeness (QED) is 0.833. The molecule has 1 aliphatic carbocycles. The van der Waals surface area contributed by atoms with Crippen molar-refractivity contribution in [2.45, 2.75) is 71.8 Å². The lowest BCUT2D eigenvalue weighted by atomic mass is 9.76. The maximum atomic E-state index is 11.9. The van der Waals surface area contributed by atoms with Crippen LogP contribution in [0.2, 0.25) is 5.02 Å². The topological polar surface area (TPSA) is 55.1 Å². The molecule has 0 amide bonds. The minimum atomic E-state index is -0.678. The summed E-state index contributed by atoms with van der Waals surface area (Å²) < 4.78 is 1.89. The molecule has 0 saturated heterocycles. The smallest absolute Gasteiger partial charge is 0.310 e. The minimum Gasteiger partial charge on any atom is -0.481 e. The average molecular weight is 313 g/mol. The van der Waals surface area contributed by atoms with Gasteiger partial charge in [0.05, 0.1) is 21.8 Å². The lowest BCUT2D eigenvalue weighted by Crippen LogP contribution is -2.34. The van der Waals surface area contributed by atoms with E-state index in [1.54, 1.807) is 0 Å². The Morgan fingerprint density at radius 1 is 1.29 bits per heavy atom. The van der Waals surface area contributed by atoms with E-state index < -0.39 is 11.4 Å². The van der Waals surface area contributed by atoms with Crippen LogP contribution in [0.4, 0.5) is 0 Å². The molecule has 0 aromatic carbocycles. The fourth-order valence-electron chi connectivity index (χ4n) is 3.38. The van der Waals surface area contributed by atoms with E-state index in [1.165, 1.54) is 0 Å². The highest BCUT2D eigenvalue weighted by Gasteiger charge is 2.40. The molecule has 1 N–H and O–H groups in total. The van der Waals surface area contributed by atoms with Crippen LogP contribution in [0.25, 0.3) is 0 Å². The van der Waals surface area contributed by atoms with Crippen LogP contribution in [0.15, 0.2) is 0 Å². The molecule has 0 atom stereocenters. The molecule has 1 aliphatic rings. The Hall–Kier alpha value is -1.03. The average Bonchev–Trinajstić information content (AvgIpc) is 2.66. The van der Waals surface area contributed by atoms with Gasteiger partial charge in [-0.1, -0.05) is 44.2 Å². The predicted octanol–water partition coefficient (Wildman–Crippen LogP) is 4.09. The van der Waals surface area contributed by atoms with Crippen LogP contribution in [0.5, 0.6) is 0 Å². The Labute approximate surface area is 131 Å². The van der Waals surface area contributed by atoms with Gasteiger partial charge in [-0.25, -0.2) is 0 Å². The van der Waals surface area contributed by atoms with Crippen molar-refractivity contribution < 1.29 is 9.90 Å². The number of aromatic nitrogens is 2. The Bertz CT molecular complexity index is 503. The molecular weight excluding hydrogens is 288 g/mol. The number of carboxylic acids is 1. The zero-order chi connectivity index (χ0) is 15.5. The largest absolute Gasteiger partial charge is 0.481 e. The standard InChI is InChI=1S/C16H25ClN2O2/c1-3-12-14(17)13(19(4-2)18-12)11-16(15(20)21)9-7-5-6-8-10-16/h3-11H2,1-2H3,(H,20,21). The molecule has 0 bridgehead atoms. The Balaban J connectivity index is 2.36. The molecule has 2 rings (SSSR count). The molecule has 1 saturated carbocycles. The number of hydrogen-bond donors (Lipinski definition) is 1. The molecular formula is C16H25ClN2O2. The molecule has 1 fully saturated rings. The van der Waals surface area contributed by atoms with Crippen LogP contribution in [-0.2, 0) is 24.2 Å². The van der Waals surface area contributed by atoms with Gasteiger partial charge >= 0.3 is 5.97 Å². The first-order valence-corrected chi connectivity index (χ1v) is 8.39. The van der Waals surface area contributed by atoms with Gasteiger partial charge < -0.3 is 5.11 Å². The molecule has 5 heteroatoms. The van der Waals surface area contributed by atoms with Crippen molar-refractivity contribution in [2.24, 2.45) is 5.41 Å². The molecule has 0 aliphatic heterocycles. The summed E-state index contributed by atoms with van der Waals surface area (Å²) >= 11 is 6.46. The van der Waals surface area contributed by atoms with Crippen molar-refractivity contribution >= 4 is 17.6 Å². The molecule has 4 nitrogen and oxygen atoms in total. The number of carboxylic acid groups (broad SMARTS) is 1. The molecule has 118 valence electrons. The van der Waals surface area contributed by atoms with Crippen molar-refractivity contribution in [1.29, 1.82) is 0 Å². The number of carbonyl (C=O) groups is 1. The SMILES string of the molecule is CCc1nn(CC)c(CC2(C(=O)O)CCCCCC2)c1Cl. The van der Waals surface area contributed by atoms with Crippen molar-refractivity contribution in [2.75, 3.05) is 0 Å². The number of hydrogen-bond acceptors (Lipinski definition) is 2. The van der Waals surface area contributed by atoms with Gasteiger partial charge in [0, 0.05) is 13.0 Å². The third kappa shape index (κ3) is 3.25. The summed E-state index contributed by atoms with van der Waals surface area (Å²) in [4.78, 5) is 11.9. The molecule has 0 radical (unpaired) electrons. The van der Waals surface area contributed by atoms with E-state index in [9.17, 15) is 9.90 Å². The van der Waals surface area contributed by atoms with Crippen LogP contribution in [-0.4, -0.2) is 20.9 Å². The molecule has 0 spiro atoms. The predicted molar refractivity (Wildman–Crippen MR) is 83.8 cm³/mol. The molecule has 21 heavy (non-hydrogen) atoms. The molecule has 1 aromatic rings. The van der Waals surface area contributed by atoms with Gasteiger partial charge in [-0.15, -0.1) is 0 Å². The maximum absolute atomic E-state index is 11.9. The normalized spacial score (nSPS) is 18.4. The van der Waals surface area contributed by atoms with E-state index in [1.807, 2.05) is 18.5 Å². The third-order valence-corrected chi connectivity index (χ3v) is 5.15. The molecule has 1 heterocycles. The van der Waals surface area contributed by atoms with E-state index in [-0.39, 0.29) is 0 Å². The number of aliphatic carboxylic acids is 1. The first-order valence-electron chi connectivity index (χ1n) is 8.01. The monoisotopic (exact) mass is 312 g/mol. The number of nitrogens with zero attached hydrogens (tertiary/aromatic N) is 2. The second-order valence-corrected chi connectivity index (χ2v) is 6.43. The number of halogens is 1. The highest BCUT2D eigenvalue weighted by atomic mass is 35.5. The van der Waals surface area contributed by atoms with Gasteiger partial charge in [0.1, 0.15) is 0 Å². The fourth-order valence-corrected chi connectivity index (χ4v) is 3.71. The van der Waals surface area contributed by atoms with E-state index in [0.717, 1.165) is 62.9 Å². The highest BCUT2D eigenvalue weighted by Crippen LogP contribution is 2.40. The Kier molecular flexibility index (Phi) is 5.31. The maximum Gasteiger partial charge on any atom is 0.310 e. The van der Waals surface area contributed by atoms with Gasteiger partial charge in [0.15, 0.2) is 0 Å². The van der Waals surface area contributed by atoms with Crippen molar-refractivity contribution in [1.82, 2.24) is 9.78 Å². The summed E-state index contributed by atoms with van der Waals surface area (Å²) in [7, 11) is 0. The van der Waals surface area contributed by atoms with Gasteiger partial charge in [0.2, 0.25) is 0 Å². The van der Waals surface area contributed by atoms with Gasteiger partial charge in [0.25, 0.3) is 0 Å². The van der Waals surface area contributed by atoms with Crippen molar-refractivity contribution in [3.63, 3.8) is 0 Å². The zero-order valence-electron chi connectivity index (χ0n) is 13.0. The second-order valence-electron chi connectivity index (χ2n) is 6.05. The van der Waals surface area contributed by atoms with E-state index in [2.05, 4.69) is 5.10 Å². The summed E-state index contributed by atoms with van der Waals surface area (Å²) in [6, 6.07) is 0. The van der Waals surface area contributed by atoms with E-state index in [4.69, 9.17) is 11.6 Å². The molecule has 1 aromatic heterocycles. The van der Waals surface area contributed by atoms with E-state index >= 15 is 0 Å². The Morgan fingerprint density at radius 2 is 1.90 bits per heavy atom. The summed E-state index contributed by atoms with van der Waals surface area (Å²) in [5, 5.41) is 15.0. The van der Waals surface area contributed by atoms with Gasteiger partial charge in [-0.2, -0.15) is 5.10 Å². The van der Waals surface area contributed by atoms with Crippen LogP contribution in [0, 0.1) is 5.41 Å². The van der Waals surface area contributed by atoms with Crippen molar-refractivity contribution in [3.05, 3.63) is 16.4 Å². The molecule has 0 unspecified atom stereocenters. The first-order chi connectivity index (χ1) is 10.0. The lowest BCUT2D eigenvalue weighted by Gasteiger charge is -2.28. The summed E-state index contributed by atoms with van der Waals surface area (Å²) in [5.41, 5.74) is 1.11. The lowest BCUT2D eigenvalue weighted by molar-refractivity contribution is -0.150. The third-order valence-electron chi connectivity index (χ3n) is 4.71. The van der Waals surface area contributed by atoms with Crippen molar-refractivity contribution in [3.8, 4) is 0 Å². The Morgan fingerprint density at radius 3 is 2.38 bits per heavy atom. The summed E-state index contributed by atoms with van der Waals surface area (Å²) in [6.45, 7) is 4.77. The summed E-state index contributed by atoms with van der Waals surface area (Å²) in [6.07, 6.45) is 7.02. The minimum absolute atomic E-state index is 0.502. The number of rotatable bonds is 5. The first kappa shape index (κ1) is 16.3. The van der Waals surface area contributed by atoms with E-state index in [0.29, 0.717) is 11.4 Å². The zero-order valence-corrected chi connectivity index (χ0v) is 13.7. The van der Waals surface area contributed by atoms with Crippen LogP contribution < -0.4 is 0 Å². The number of aryl methyl sites for hydroxylation is 2. The van der Waals surface area contributed by atoms with Gasteiger partial charge in [-0.3, -0.25) is 9.48 Å². The van der Waals surface area contributed by atoms with Crippen LogP contribution in [0.1, 0.15) is 63.8 Å². The van der Waals surface area contributed by atoms with Gasteiger partial charge in [-0.05, 0) is 26.2 Å². The highest BCUT2D eigenvalue weighted by molar-refractivity contribution is 6.31. The summed E-state index contributed by atoms with van der Waals surface area (Å²) in [5.74, 6) is -0.678. The fraction of sp³-hybridized carbons (Fsp3) is 0.750.